The monoisotopic (exact) mass is 598 g/mol. The summed E-state index contributed by atoms with van der Waals surface area (Å²) in [4.78, 5) is 43.1. The molecule has 0 aliphatic carbocycles. The molecule has 4 aromatic rings. The van der Waals surface area contributed by atoms with E-state index < -0.39 is 36.1 Å². The first-order chi connectivity index (χ1) is 21.3. The predicted octanol–water partition coefficient (Wildman–Crippen LogP) is 5.42. The number of amides is 3. The Balaban J connectivity index is 1.46. The lowest BCUT2D eigenvalue weighted by atomic mass is 9.99. The van der Waals surface area contributed by atoms with E-state index in [9.17, 15) is 19.5 Å². The Bertz CT molecular complexity index is 1480. The van der Waals surface area contributed by atoms with Gasteiger partial charge in [-0.15, -0.1) is 0 Å². The van der Waals surface area contributed by atoms with Crippen LogP contribution < -0.4 is 16.0 Å². The number of hydrogen-bond donors (Lipinski definition) is 4. The smallest absolute Gasteiger partial charge is 0.408 e. The molecular formula is C34H38N4O6. The second-order valence-electron chi connectivity index (χ2n) is 10.9. The SMILES string of the molecule is CC(C)C[C@H](NC(=O)OCc1ccccc1)C(=O)N[C@@H](CCc1ccccc1)C(O)c1nc(C(=O)Nc2ccccc2)co1. The average Bonchev–Trinajstić information content (AvgIpc) is 3.53. The van der Waals surface area contributed by atoms with Gasteiger partial charge in [0.1, 0.15) is 18.9 Å². The minimum atomic E-state index is -1.37. The Hall–Kier alpha value is -4.96. The van der Waals surface area contributed by atoms with Crippen LogP contribution in [-0.2, 0) is 22.6 Å². The first-order valence-electron chi connectivity index (χ1n) is 14.6. The number of ether oxygens (including phenoxy) is 1. The summed E-state index contributed by atoms with van der Waals surface area (Å²) in [6.45, 7) is 3.94. The van der Waals surface area contributed by atoms with Gasteiger partial charge in [0, 0.05) is 5.69 Å². The lowest BCUT2D eigenvalue weighted by molar-refractivity contribution is -0.125. The maximum atomic E-state index is 13.6. The number of aromatic nitrogens is 1. The van der Waals surface area contributed by atoms with Crippen LogP contribution in [0.3, 0.4) is 0 Å². The lowest BCUT2D eigenvalue weighted by Gasteiger charge is -2.26. The minimum Gasteiger partial charge on any atom is -0.445 e. The fraction of sp³-hybridized carbons (Fsp3) is 0.294. The molecule has 10 heteroatoms. The summed E-state index contributed by atoms with van der Waals surface area (Å²) in [6, 6.07) is 26.0. The van der Waals surface area contributed by atoms with Gasteiger partial charge in [0.2, 0.25) is 11.8 Å². The molecule has 10 nitrogen and oxygen atoms in total. The Labute approximate surface area is 256 Å². The summed E-state index contributed by atoms with van der Waals surface area (Å²) in [5.74, 6) is -1.03. The summed E-state index contributed by atoms with van der Waals surface area (Å²) in [6.07, 6.45) is 0.280. The van der Waals surface area contributed by atoms with Crippen molar-refractivity contribution in [3.05, 3.63) is 120 Å². The highest BCUT2D eigenvalue weighted by molar-refractivity contribution is 6.02. The zero-order valence-corrected chi connectivity index (χ0v) is 24.8. The van der Waals surface area contributed by atoms with Crippen molar-refractivity contribution < 1.29 is 28.6 Å². The van der Waals surface area contributed by atoms with Crippen LogP contribution in [0.4, 0.5) is 10.5 Å². The Morgan fingerprint density at radius 1 is 0.864 bits per heavy atom. The quantitative estimate of drug-likeness (QED) is 0.152. The summed E-state index contributed by atoms with van der Waals surface area (Å²) >= 11 is 0. The standard InChI is InChI=1S/C34H38N4O6/c1-23(2)20-28(38-34(42)44-21-25-14-8-4-9-15-25)31(40)36-27(19-18-24-12-6-3-7-13-24)30(39)33-37-29(22-43-33)32(41)35-26-16-10-5-11-17-26/h3-17,22-23,27-28,30,39H,18-21H2,1-2H3,(H,35,41)(H,36,40)(H,38,42)/t27-,28-,30?/m0/s1. The molecule has 0 radical (unpaired) electrons. The summed E-state index contributed by atoms with van der Waals surface area (Å²) < 4.78 is 10.8. The van der Waals surface area contributed by atoms with E-state index in [1.54, 1.807) is 24.3 Å². The molecule has 4 rings (SSSR count). The predicted molar refractivity (Wildman–Crippen MR) is 166 cm³/mol. The van der Waals surface area contributed by atoms with Gasteiger partial charge in [-0.1, -0.05) is 92.7 Å². The second-order valence-corrected chi connectivity index (χ2v) is 10.9. The molecule has 44 heavy (non-hydrogen) atoms. The van der Waals surface area contributed by atoms with Crippen LogP contribution in [0.5, 0.6) is 0 Å². The molecule has 3 amide bonds. The average molecular weight is 599 g/mol. The highest BCUT2D eigenvalue weighted by Gasteiger charge is 2.31. The van der Waals surface area contributed by atoms with Crippen molar-refractivity contribution in [2.45, 2.75) is 57.9 Å². The van der Waals surface area contributed by atoms with E-state index in [0.29, 0.717) is 24.9 Å². The maximum Gasteiger partial charge on any atom is 0.408 e. The molecule has 0 saturated carbocycles. The third kappa shape index (κ3) is 9.81. The van der Waals surface area contributed by atoms with E-state index >= 15 is 0 Å². The van der Waals surface area contributed by atoms with Gasteiger partial charge < -0.3 is 30.2 Å². The fourth-order valence-electron chi connectivity index (χ4n) is 4.59. The third-order valence-corrected chi connectivity index (χ3v) is 6.86. The number of oxazole rings is 1. The number of carbonyl (C=O) groups is 3. The van der Waals surface area contributed by atoms with Gasteiger partial charge in [0.15, 0.2) is 11.8 Å². The molecular weight excluding hydrogens is 560 g/mol. The molecule has 0 aliphatic rings. The number of hydrogen-bond acceptors (Lipinski definition) is 7. The number of rotatable bonds is 14. The topological polar surface area (TPSA) is 143 Å². The van der Waals surface area contributed by atoms with Crippen LogP contribution in [0.2, 0.25) is 0 Å². The van der Waals surface area contributed by atoms with Crippen LogP contribution in [0.25, 0.3) is 0 Å². The largest absolute Gasteiger partial charge is 0.445 e. The molecule has 0 bridgehead atoms. The minimum absolute atomic E-state index is 0.0171. The molecule has 0 aliphatic heterocycles. The first-order valence-corrected chi connectivity index (χ1v) is 14.6. The highest BCUT2D eigenvalue weighted by atomic mass is 16.5. The van der Waals surface area contributed by atoms with Gasteiger partial charge in [0.25, 0.3) is 5.91 Å². The van der Waals surface area contributed by atoms with Crippen LogP contribution in [-0.4, -0.2) is 40.1 Å². The van der Waals surface area contributed by atoms with E-state index in [-0.39, 0.29) is 24.1 Å². The zero-order valence-electron chi connectivity index (χ0n) is 24.8. The number of nitrogens with zero attached hydrogens (tertiary/aromatic N) is 1. The maximum absolute atomic E-state index is 13.6. The molecule has 1 unspecified atom stereocenters. The molecule has 230 valence electrons. The van der Waals surface area contributed by atoms with Gasteiger partial charge in [-0.3, -0.25) is 9.59 Å². The molecule has 0 fully saturated rings. The van der Waals surface area contributed by atoms with Crippen molar-refractivity contribution in [3.8, 4) is 0 Å². The molecule has 3 aromatic carbocycles. The van der Waals surface area contributed by atoms with Gasteiger partial charge in [-0.25, -0.2) is 9.78 Å². The van der Waals surface area contributed by atoms with E-state index in [2.05, 4.69) is 20.9 Å². The van der Waals surface area contributed by atoms with E-state index in [1.807, 2.05) is 80.6 Å². The number of carbonyl (C=O) groups excluding carboxylic acids is 3. The number of aliphatic hydroxyl groups is 1. The Morgan fingerprint density at radius 2 is 1.48 bits per heavy atom. The van der Waals surface area contributed by atoms with Gasteiger partial charge in [-0.2, -0.15) is 0 Å². The van der Waals surface area contributed by atoms with Gasteiger partial charge in [-0.05, 0) is 48.4 Å². The molecule has 1 aromatic heterocycles. The zero-order chi connectivity index (χ0) is 31.3. The number of nitrogens with one attached hydrogen (secondary N) is 3. The van der Waals surface area contributed by atoms with E-state index in [4.69, 9.17) is 9.15 Å². The molecule has 0 saturated heterocycles. The van der Waals surface area contributed by atoms with Crippen molar-refractivity contribution >= 4 is 23.6 Å². The number of alkyl carbamates (subject to hydrolysis) is 1. The molecule has 1 heterocycles. The summed E-state index contributed by atoms with van der Waals surface area (Å²) in [7, 11) is 0. The van der Waals surface area contributed by atoms with E-state index in [1.165, 1.54) is 6.26 Å². The second kappa shape index (κ2) is 16.0. The van der Waals surface area contributed by atoms with Crippen LogP contribution >= 0.6 is 0 Å². The van der Waals surface area contributed by atoms with Crippen molar-refractivity contribution in [1.82, 2.24) is 15.6 Å². The fourth-order valence-corrected chi connectivity index (χ4v) is 4.59. The van der Waals surface area contributed by atoms with Gasteiger partial charge in [0.05, 0.1) is 6.04 Å². The number of aryl methyl sites for hydroxylation is 1. The third-order valence-electron chi connectivity index (χ3n) is 6.86. The van der Waals surface area contributed by atoms with Crippen LogP contribution in [0.15, 0.2) is 102 Å². The van der Waals surface area contributed by atoms with E-state index in [0.717, 1.165) is 11.1 Å². The van der Waals surface area contributed by atoms with Gasteiger partial charge >= 0.3 is 6.09 Å². The Kier molecular flexibility index (Phi) is 11.7. The first kappa shape index (κ1) is 32.0. The molecule has 4 N–H and O–H groups in total. The number of aliphatic hydroxyl groups excluding tert-OH is 1. The van der Waals surface area contributed by atoms with Crippen LogP contribution in [0, 0.1) is 5.92 Å². The normalized spacial score (nSPS) is 13.0. The van der Waals surface area contributed by atoms with Crippen LogP contribution in [0.1, 0.15) is 60.3 Å². The molecule has 3 atom stereocenters. The number of anilines is 1. The highest BCUT2D eigenvalue weighted by Crippen LogP contribution is 2.22. The van der Waals surface area contributed by atoms with Crippen molar-refractivity contribution in [2.24, 2.45) is 5.92 Å². The molecule has 0 spiro atoms. The Morgan fingerprint density at radius 3 is 2.11 bits per heavy atom. The van der Waals surface area contributed by atoms with Crippen molar-refractivity contribution in [3.63, 3.8) is 0 Å². The number of benzene rings is 3. The summed E-state index contributed by atoms with van der Waals surface area (Å²) in [5, 5.41) is 19.6. The van der Waals surface area contributed by atoms with Crippen molar-refractivity contribution in [1.29, 1.82) is 0 Å². The van der Waals surface area contributed by atoms with Crippen molar-refractivity contribution in [2.75, 3.05) is 5.32 Å². The summed E-state index contributed by atoms with van der Waals surface area (Å²) in [5.41, 5.74) is 2.40. The number of para-hydroxylation sites is 1. The lowest BCUT2D eigenvalue weighted by Crippen LogP contribution is -2.51.